The Morgan fingerprint density at radius 2 is 1.74 bits per heavy atom. The predicted molar refractivity (Wildman–Crippen MR) is 85.2 cm³/mol. The molecule has 0 fully saturated rings. The summed E-state index contributed by atoms with van der Waals surface area (Å²) in [5.41, 5.74) is 0.733. The third-order valence-corrected chi connectivity index (χ3v) is 4.41. The molecule has 0 saturated carbocycles. The molecule has 0 aliphatic heterocycles. The number of rotatable bonds is 9. The largest absolute Gasteiger partial charge is 0.481 e. The van der Waals surface area contributed by atoms with Gasteiger partial charge in [0, 0.05) is 19.5 Å². The van der Waals surface area contributed by atoms with Crippen LogP contribution in [-0.2, 0) is 26.2 Å². The van der Waals surface area contributed by atoms with Crippen molar-refractivity contribution in [2.75, 3.05) is 6.54 Å². The van der Waals surface area contributed by atoms with E-state index in [1.807, 2.05) is 13.8 Å². The molecule has 0 atom stereocenters. The number of carbonyl (C=O) groups is 2. The Hall–Kier alpha value is -1.93. The summed E-state index contributed by atoms with van der Waals surface area (Å²) < 4.78 is 26.6. The zero-order valence-corrected chi connectivity index (χ0v) is 14.0. The maximum atomic E-state index is 12.0. The Morgan fingerprint density at radius 1 is 1.13 bits per heavy atom. The molecule has 1 amide bonds. The highest BCUT2D eigenvalue weighted by Crippen LogP contribution is 2.11. The van der Waals surface area contributed by atoms with Gasteiger partial charge in [-0.3, -0.25) is 9.59 Å². The first-order valence-corrected chi connectivity index (χ1v) is 8.76. The smallest absolute Gasteiger partial charge is 0.303 e. The summed E-state index contributed by atoms with van der Waals surface area (Å²) in [6.07, 6.45) is -0.300. The van der Waals surface area contributed by atoms with Crippen molar-refractivity contribution in [3.63, 3.8) is 0 Å². The molecule has 1 aromatic carbocycles. The van der Waals surface area contributed by atoms with E-state index in [0.29, 0.717) is 6.54 Å². The van der Waals surface area contributed by atoms with Crippen LogP contribution in [0.4, 0.5) is 0 Å². The lowest BCUT2D eigenvalue weighted by Gasteiger charge is -2.10. The van der Waals surface area contributed by atoms with Gasteiger partial charge in [0.1, 0.15) is 0 Å². The highest BCUT2D eigenvalue weighted by atomic mass is 32.2. The summed E-state index contributed by atoms with van der Waals surface area (Å²) in [6.45, 7) is 4.42. The Labute approximate surface area is 136 Å². The molecule has 23 heavy (non-hydrogen) atoms. The van der Waals surface area contributed by atoms with E-state index in [9.17, 15) is 18.0 Å². The number of sulfonamides is 1. The van der Waals surface area contributed by atoms with Gasteiger partial charge in [-0.15, -0.1) is 0 Å². The molecule has 3 N–H and O–H groups in total. The second-order valence-electron chi connectivity index (χ2n) is 5.56. The van der Waals surface area contributed by atoms with Crippen molar-refractivity contribution in [2.24, 2.45) is 5.92 Å². The van der Waals surface area contributed by atoms with E-state index in [2.05, 4.69) is 10.0 Å². The maximum Gasteiger partial charge on any atom is 0.303 e. The van der Waals surface area contributed by atoms with Gasteiger partial charge in [-0.2, -0.15) is 0 Å². The lowest BCUT2D eigenvalue weighted by molar-refractivity contribution is -0.138. The van der Waals surface area contributed by atoms with Crippen LogP contribution in [0.5, 0.6) is 0 Å². The van der Waals surface area contributed by atoms with E-state index < -0.39 is 16.0 Å². The zero-order chi connectivity index (χ0) is 17.5. The van der Waals surface area contributed by atoms with Gasteiger partial charge in [-0.25, -0.2) is 13.1 Å². The van der Waals surface area contributed by atoms with Gasteiger partial charge >= 0.3 is 5.97 Å². The van der Waals surface area contributed by atoms with Gasteiger partial charge in [0.2, 0.25) is 15.9 Å². The first kappa shape index (κ1) is 19.1. The first-order chi connectivity index (χ1) is 10.7. The molecule has 0 spiro atoms. The second kappa shape index (κ2) is 8.64. The van der Waals surface area contributed by atoms with Crippen molar-refractivity contribution >= 4 is 21.9 Å². The Kier molecular flexibility index (Phi) is 7.18. The molecule has 0 heterocycles. The quantitative estimate of drug-likeness (QED) is 0.622. The van der Waals surface area contributed by atoms with Crippen LogP contribution in [0.2, 0.25) is 0 Å². The Balaban J connectivity index is 2.56. The summed E-state index contributed by atoms with van der Waals surface area (Å²) in [7, 11) is -3.52. The van der Waals surface area contributed by atoms with E-state index in [4.69, 9.17) is 5.11 Å². The van der Waals surface area contributed by atoms with Crippen LogP contribution in [0.3, 0.4) is 0 Å². The first-order valence-electron chi connectivity index (χ1n) is 7.28. The minimum Gasteiger partial charge on any atom is -0.481 e. The molecular weight excluding hydrogens is 320 g/mol. The average Bonchev–Trinajstić information content (AvgIpc) is 2.49. The highest BCUT2D eigenvalue weighted by Gasteiger charge is 2.14. The minimum atomic E-state index is -3.52. The zero-order valence-electron chi connectivity index (χ0n) is 13.2. The molecule has 1 rings (SSSR count). The van der Waals surface area contributed by atoms with Gasteiger partial charge in [0.05, 0.1) is 11.3 Å². The molecular formula is C15H22N2O5S. The van der Waals surface area contributed by atoms with Crippen LogP contribution >= 0.6 is 0 Å². The van der Waals surface area contributed by atoms with Gasteiger partial charge < -0.3 is 10.4 Å². The van der Waals surface area contributed by atoms with E-state index in [1.54, 1.807) is 12.1 Å². The van der Waals surface area contributed by atoms with Crippen molar-refractivity contribution in [1.29, 1.82) is 0 Å². The van der Waals surface area contributed by atoms with Crippen molar-refractivity contribution < 1.29 is 23.1 Å². The number of hydrogen-bond acceptors (Lipinski definition) is 4. The standard InChI is InChI=1S/C15H22N2O5S/c1-11(2)9-17-23(21,22)13-5-3-12(4-6-13)10-16-14(18)7-8-15(19)20/h3-6,11,17H,7-10H2,1-2H3,(H,16,18)(H,19,20). The van der Waals surface area contributed by atoms with Crippen LogP contribution in [0, 0.1) is 5.92 Å². The van der Waals surface area contributed by atoms with Crippen LogP contribution in [0.25, 0.3) is 0 Å². The van der Waals surface area contributed by atoms with Crippen LogP contribution < -0.4 is 10.0 Å². The number of benzene rings is 1. The monoisotopic (exact) mass is 342 g/mol. The van der Waals surface area contributed by atoms with Gasteiger partial charge in [0.25, 0.3) is 0 Å². The lowest BCUT2D eigenvalue weighted by Crippen LogP contribution is -2.27. The molecule has 0 radical (unpaired) electrons. The normalized spacial score (nSPS) is 11.4. The van der Waals surface area contributed by atoms with Gasteiger partial charge in [0.15, 0.2) is 0 Å². The summed E-state index contributed by atoms with van der Waals surface area (Å²) >= 11 is 0. The summed E-state index contributed by atoms with van der Waals surface area (Å²) in [5, 5.41) is 11.1. The summed E-state index contributed by atoms with van der Waals surface area (Å²) in [5.74, 6) is -1.17. The van der Waals surface area contributed by atoms with Crippen LogP contribution in [0.15, 0.2) is 29.2 Å². The number of carboxylic acid groups (broad SMARTS) is 1. The second-order valence-corrected chi connectivity index (χ2v) is 7.33. The molecule has 0 aliphatic carbocycles. The fourth-order valence-electron chi connectivity index (χ4n) is 1.66. The molecule has 0 saturated heterocycles. The average molecular weight is 342 g/mol. The highest BCUT2D eigenvalue weighted by molar-refractivity contribution is 7.89. The summed E-state index contributed by atoms with van der Waals surface area (Å²) in [4.78, 5) is 21.9. The molecule has 0 unspecified atom stereocenters. The molecule has 0 aliphatic rings. The van der Waals surface area contributed by atoms with E-state index >= 15 is 0 Å². The topological polar surface area (TPSA) is 113 Å². The summed E-state index contributed by atoms with van der Waals surface area (Å²) in [6, 6.07) is 6.17. The molecule has 128 valence electrons. The third-order valence-electron chi connectivity index (χ3n) is 2.97. The van der Waals surface area contributed by atoms with Crippen LogP contribution in [0.1, 0.15) is 32.3 Å². The number of amides is 1. The van der Waals surface area contributed by atoms with Gasteiger partial charge in [-0.05, 0) is 23.6 Å². The molecule has 1 aromatic rings. The number of carbonyl (C=O) groups excluding carboxylic acids is 1. The van der Waals surface area contributed by atoms with Gasteiger partial charge in [-0.1, -0.05) is 26.0 Å². The van der Waals surface area contributed by atoms with E-state index in [0.717, 1.165) is 5.56 Å². The number of hydrogen-bond donors (Lipinski definition) is 3. The van der Waals surface area contributed by atoms with Crippen molar-refractivity contribution in [2.45, 2.75) is 38.1 Å². The number of aliphatic carboxylic acids is 1. The minimum absolute atomic E-state index is 0.0824. The third kappa shape index (κ3) is 7.25. The number of nitrogens with one attached hydrogen (secondary N) is 2. The van der Waals surface area contributed by atoms with E-state index in [1.165, 1.54) is 12.1 Å². The fourth-order valence-corrected chi connectivity index (χ4v) is 2.87. The molecule has 7 nitrogen and oxygen atoms in total. The van der Waals surface area contributed by atoms with Crippen molar-refractivity contribution in [3.05, 3.63) is 29.8 Å². The lowest BCUT2D eigenvalue weighted by atomic mass is 10.2. The Morgan fingerprint density at radius 3 is 2.26 bits per heavy atom. The van der Waals surface area contributed by atoms with Crippen molar-refractivity contribution in [3.8, 4) is 0 Å². The fraction of sp³-hybridized carbons (Fsp3) is 0.467. The Bertz CT molecular complexity index is 638. The molecule has 0 bridgehead atoms. The van der Waals surface area contributed by atoms with E-state index in [-0.39, 0.29) is 36.1 Å². The van der Waals surface area contributed by atoms with Crippen molar-refractivity contribution in [1.82, 2.24) is 10.0 Å². The molecule has 8 heteroatoms. The maximum absolute atomic E-state index is 12.0. The predicted octanol–water partition coefficient (Wildman–Crippen LogP) is 1.10. The SMILES string of the molecule is CC(C)CNS(=O)(=O)c1ccc(CNC(=O)CCC(=O)O)cc1. The number of carboxylic acids is 1. The molecule has 0 aromatic heterocycles. The van der Waals surface area contributed by atoms with Crippen LogP contribution in [-0.4, -0.2) is 31.9 Å².